The number of nitrogens with zero attached hydrogens (tertiary/aromatic N) is 2. The summed E-state index contributed by atoms with van der Waals surface area (Å²) in [6.07, 6.45) is 0. The van der Waals surface area contributed by atoms with Gasteiger partial charge in [-0.15, -0.1) is 0 Å². The van der Waals surface area contributed by atoms with Gasteiger partial charge in [0.1, 0.15) is 11.8 Å². The molecule has 1 aromatic rings. The predicted molar refractivity (Wildman–Crippen MR) is 70.6 cm³/mol. The van der Waals surface area contributed by atoms with E-state index in [0.717, 1.165) is 0 Å². The van der Waals surface area contributed by atoms with E-state index in [2.05, 4.69) is 5.32 Å². The molecule has 1 rings (SSSR count). The maximum absolute atomic E-state index is 11.8. The van der Waals surface area contributed by atoms with Crippen molar-refractivity contribution in [3.63, 3.8) is 0 Å². The fourth-order valence-corrected chi connectivity index (χ4v) is 1.29. The van der Waals surface area contributed by atoms with Crippen LogP contribution in [0.1, 0.15) is 0 Å². The first-order chi connectivity index (χ1) is 8.99. The van der Waals surface area contributed by atoms with Crippen LogP contribution in [0, 0.1) is 11.3 Å². The molecule has 6 nitrogen and oxygen atoms in total. The van der Waals surface area contributed by atoms with Crippen LogP contribution >= 0.6 is 0 Å². The zero-order valence-corrected chi connectivity index (χ0v) is 11.0. The number of hydrogen-bond donors (Lipinski definition) is 2. The van der Waals surface area contributed by atoms with Gasteiger partial charge in [-0.1, -0.05) is 0 Å². The first-order valence-corrected chi connectivity index (χ1v) is 5.45. The summed E-state index contributed by atoms with van der Waals surface area (Å²) in [5.74, 6) is -0.391. The minimum atomic E-state index is -0.668. The Morgan fingerprint density at radius 1 is 1.37 bits per heavy atom. The molecule has 19 heavy (non-hydrogen) atoms. The predicted octanol–water partition coefficient (Wildman–Crippen LogP) is 1.49. The number of methoxy groups -OCH3 is 1. The third-order valence-corrected chi connectivity index (χ3v) is 2.33. The van der Waals surface area contributed by atoms with E-state index in [4.69, 9.17) is 10.00 Å². The van der Waals surface area contributed by atoms with Gasteiger partial charge in [0.15, 0.2) is 5.57 Å². The largest absolute Gasteiger partial charge is 0.497 e. The molecule has 0 aliphatic rings. The van der Waals surface area contributed by atoms with Gasteiger partial charge in [0.25, 0.3) is 5.91 Å². The van der Waals surface area contributed by atoms with Crippen molar-refractivity contribution < 1.29 is 14.6 Å². The average Bonchev–Trinajstić information content (AvgIpc) is 2.40. The van der Waals surface area contributed by atoms with Gasteiger partial charge in [0, 0.05) is 19.8 Å². The zero-order chi connectivity index (χ0) is 14.4. The first kappa shape index (κ1) is 14.4. The highest BCUT2D eigenvalue weighted by Gasteiger charge is 2.16. The maximum Gasteiger partial charge on any atom is 0.271 e. The number of ether oxygens (including phenoxy) is 1. The number of benzene rings is 1. The lowest BCUT2D eigenvalue weighted by atomic mass is 10.2. The van der Waals surface area contributed by atoms with Crippen molar-refractivity contribution >= 4 is 11.6 Å². The van der Waals surface area contributed by atoms with Crippen molar-refractivity contribution in [2.45, 2.75) is 0 Å². The second kappa shape index (κ2) is 6.31. The number of carbonyl (C=O) groups is 1. The number of aliphatic hydroxyl groups excluding tert-OH is 1. The minimum absolute atomic E-state index is 0.346. The molecule has 1 amide bonds. The molecule has 0 aliphatic heterocycles. The highest BCUT2D eigenvalue weighted by molar-refractivity contribution is 6.06. The summed E-state index contributed by atoms with van der Waals surface area (Å²) in [6.45, 7) is 0. The topological polar surface area (TPSA) is 85.6 Å². The van der Waals surface area contributed by atoms with Crippen LogP contribution in [0.5, 0.6) is 5.75 Å². The van der Waals surface area contributed by atoms with Gasteiger partial charge in [-0.3, -0.25) is 4.79 Å². The normalized spacial score (nSPS) is 11.1. The summed E-state index contributed by atoms with van der Waals surface area (Å²) in [6, 6.07) is 8.31. The molecule has 0 unspecified atom stereocenters. The van der Waals surface area contributed by atoms with E-state index < -0.39 is 5.91 Å². The van der Waals surface area contributed by atoms with Gasteiger partial charge in [0.05, 0.1) is 7.11 Å². The molecule has 100 valence electrons. The highest BCUT2D eigenvalue weighted by atomic mass is 16.5. The standard InChI is InChI=1S/C13H15N3O3/c1-16(2)13(18)11(8-14)12(17)15-9-4-6-10(19-3)7-5-9/h4-7,18H,1-3H3,(H,15,17)/b13-11-. The maximum atomic E-state index is 11.8. The first-order valence-electron chi connectivity index (χ1n) is 5.45. The van der Waals surface area contributed by atoms with Gasteiger partial charge in [-0.2, -0.15) is 5.26 Å². The number of nitrogens with one attached hydrogen (secondary N) is 1. The molecule has 0 fully saturated rings. The van der Waals surface area contributed by atoms with E-state index in [-0.39, 0.29) is 11.5 Å². The molecule has 6 heteroatoms. The molecule has 0 aromatic heterocycles. The van der Waals surface area contributed by atoms with Crippen LogP contribution in [0.4, 0.5) is 5.69 Å². The molecule has 0 heterocycles. The molecule has 0 saturated carbocycles. The second-order valence-electron chi connectivity index (χ2n) is 3.89. The number of carbonyl (C=O) groups excluding carboxylic acids is 1. The Bertz CT molecular complexity index is 527. The Kier molecular flexibility index (Phi) is 4.77. The Hall–Kier alpha value is -2.68. The fraction of sp³-hybridized carbons (Fsp3) is 0.231. The van der Waals surface area contributed by atoms with Gasteiger partial charge >= 0.3 is 0 Å². The molecule has 0 spiro atoms. The third kappa shape index (κ3) is 3.64. The van der Waals surface area contributed by atoms with Gasteiger partial charge < -0.3 is 20.1 Å². The number of rotatable bonds is 4. The lowest BCUT2D eigenvalue weighted by molar-refractivity contribution is -0.112. The van der Waals surface area contributed by atoms with E-state index >= 15 is 0 Å². The van der Waals surface area contributed by atoms with Crippen LogP contribution in [0.25, 0.3) is 0 Å². The number of nitriles is 1. The van der Waals surface area contributed by atoms with Crippen LogP contribution in [0.2, 0.25) is 0 Å². The molecule has 0 radical (unpaired) electrons. The molecular formula is C13H15N3O3. The zero-order valence-electron chi connectivity index (χ0n) is 11.0. The van der Waals surface area contributed by atoms with E-state index in [1.165, 1.54) is 19.0 Å². The molecule has 0 atom stereocenters. The summed E-state index contributed by atoms with van der Waals surface area (Å²) < 4.78 is 4.99. The number of amides is 1. The van der Waals surface area contributed by atoms with E-state index in [1.54, 1.807) is 37.4 Å². The Morgan fingerprint density at radius 3 is 2.37 bits per heavy atom. The Balaban J connectivity index is 2.89. The summed E-state index contributed by atoms with van der Waals surface area (Å²) >= 11 is 0. The van der Waals surface area contributed by atoms with Crippen LogP contribution in [0.15, 0.2) is 35.7 Å². The van der Waals surface area contributed by atoms with Gasteiger partial charge in [-0.25, -0.2) is 0 Å². The van der Waals surface area contributed by atoms with Crippen molar-refractivity contribution in [1.29, 1.82) is 5.26 Å². The third-order valence-electron chi connectivity index (χ3n) is 2.33. The molecule has 1 aromatic carbocycles. The molecular weight excluding hydrogens is 246 g/mol. The van der Waals surface area contributed by atoms with E-state index in [1.807, 2.05) is 0 Å². The molecule has 0 saturated heterocycles. The van der Waals surface area contributed by atoms with Gasteiger partial charge in [-0.05, 0) is 24.3 Å². The van der Waals surface area contributed by atoms with Crippen LogP contribution < -0.4 is 10.1 Å². The van der Waals surface area contributed by atoms with Crippen LogP contribution in [-0.2, 0) is 4.79 Å². The van der Waals surface area contributed by atoms with Crippen LogP contribution in [0.3, 0.4) is 0 Å². The number of anilines is 1. The molecule has 2 N–H and O–H groups in total. The quantitative estimate of drug-likeness (QED) is 0.487. The Labute approximate surface area is 111 Å². The average molecular weight is 261 g/mol. The van der Waals surface area contributed by atoms with Crippen molar-refractivity contribution in [3.8, 4) is 11.8 Å². The van der Waals surface area contributed by atoms with Crippen molar-refractivity contribution in [2.24, 2.45) is 0 Å². The summed E-state index contributed by atoms with van der Waals surface area (Å²) in [5, 5.41) is 21.0. The summed E-state index contributed by atoms with van der Waals surface area (Å²) in [7, 11) is 4.61. The van der Waals surface area contributed by atoms with E-state index in [9.17, 15) is 9.90 Å². The monoisotopic (exact) mass is 261 g/mol. The van der Waals surface area contributed by atoms with Crippen molar-refractivity contribution in [2.75, 3.05) is 26.5 Å². The lowest BCUT2D eigenvalue weighted by Gasteiger charge is -2.12. The van der Waals surface area contributed by atoms with Crippen molar-refractivity contribution in [3.05, 3.63) is 35.7 Å². The minimum Gasteiger partial charge on any atom is -0.497 e. The smallest absolute Gasteiger partial charge is 0.271 e. The molecule has 0 aliphatic carbocycles. The fourth-order valence-electron chi connectivity index (χ4n) is 1.29. The number of hydrogen-bond acceptors (Lipinski definition) is 5. The number of aliphatic hydroxyl groups is 1. The molecule has 0 bridgehead atoms. The van der Waals surface area contributed by atoms with Gasteiger partial charge in [0.2, 0.25) is 5.88 Å². The van der Waals surface area contributed by atoms with Crippen molar-refractivity contribution in [1.82, 2.24) is 4.90 Å². The van der Waals surface area contributed by atoms with E-state index in [0.29, 0.717) is 11.4 Å². The SMILES string of the molecule is COc1ccc(NC(=O)/C(C#N)=C(\O)N(C)C)cc1. The second-order valence-corrected chi connectivity index (χ2v) is 3.89. The lowest BCUT2D eigenvalue weighted by Crippen LogP contribution is -2.21. The Morgan fingerprint density at radius 2 is 1.95 bits per heavy atom. The van der Waals surface area contributed by atoms with Crippen LogP contribution in [-0.4, -0.2) is 37.1 Å². The summed E-state index contributed by atoms with van der Waals surface area (Å²) in [5.41, 5.74) is 0.158. The summed E-state index contributed by atoms with van der Waals surface area (Å²) in [4.78, 5) is 13.1. The highest BCUT2D eigenvalue weighted by Crippen LogP contribution is 2.16.